The molecule has 1 aliphatic heterocycles. The van der Waals surface area contributed by atoms with Gasteiger partial charge in [-0.1, -0.05) is 58.7 Å². The fourth-order valence-corrected chi connectivity index (χ4v) is 4.49. The number of benzene rings is 3. The third-order valence-corrected chi connectivity index (χ3v) is 6.64. The predicted molar refractivity (Wildman–Crippen MR) is 150 cm³/mol. The molecule has 41 heavy (non-hydrogen) atoms. The van der Waals surface area contributed by atoms with Crippen LogP contribution in [0.3, 0.4) is 0 Å². The summed E-state index contributed by atoms with van der Waals surface area (Å²) in [5, 5.41) is 16.5. The predicted octanol–water partition coefficient (Wildman–Crippen LogP) is 4.22. The van der Waals surface area contributed by atoms with Crippen molar-refractivity contribution in [1.29, 1.82) is 0 Å². The molecule has 5 rings (SSSR count). The molecular weight excluding hydrogens is 576 g/mol. The fraction of sp³-hybridized carbons (Fsp3) is 0.185. The molecule has 0 saturated carbocycles. The summed E-state index contributed by atoms with van der Waals surface area (Å²) in [6.45, 7) is -0.219. The number of nitrogens with zero attached hydrogens (tertiary/aromatic N) is 5. The van der Waals surface area contributed by atoms with E-state index in [1.54, 1.807) is 18.2 Å². The Labute approximate surface area is 244 Å². The number of nitrogens with one attached hydrogen (secondary N) is 2. The van der Waals surface area contributed by atoms with E-state index in [4.69, 9.17) is 32.9 Å². The van der Waals surface area contributed by atoms with Gasteiger partial charge in [0.25, 0.3) is 5.91 Å². The quantitative estimate of drug-likeness (QED) is 0.309. The number of halogens is 3. The third kappa shape index (κ3) is 6.64. The molecule has 0 aliphatic carbocycles. The van der Waals surface area contributed by atoms with E-state index >= 15 is 0 Å². The van der Waals surface area contributed by atoms with Crippen LogP contribution in [0.1, 0.15) is 15.9 Å². The minimum atomic E-state index is -0.853. The van der Waals surface area contributed by atoms with Crippen LogP contribution in [-0.4, -0.2) is 58.4 Å². The van der Waals surface area contributed by atoms with Crippen molar-refractivity contribution in [3.63, 3.8) is 0 Å². The Morgan fingerprint density at radius 1 is 1.02 bits per heavy atom. The van der Waals surface area contributed by atoms with E-state index < -0.39 is 23.7 Å². The minimum absolute atomic E-state index is 0.0935. The van der Waals surface area contributed by atoms with Crippen LogP contribution < -0.4 is 15.7 Å². The molecule has 0 bridgehead atoms. The largest absolute Gasteiger partial charge is 0.355 e. The van der Waals surface area contributed by atoms with Gasteiger partial charge in [0, 0.05) is 17.8 Å². The van der Waals surface area contributed by atoms with Crippen molar-refractivity contribution in [2.75, 3.05) is 30.9 Å². The second-order valence-corrected chi connectivity index (χ2v) is 9.72. The molecule has 4 aromatic rings. The highest BCUT2D eigenvalue weighted by molar-refractivity contribution is 6.31. The Hall–Kier alpha value is -4.07. The van der Waals surface area contributed by atoms with Gasteiger partial charge >= 0.3 is 0 Å². The maximum atomic E-state index is 14.5. The maximum Gasteiger partial charge on any atom is 0.253 e. The summed E-state index contributed by atoms with van der Waals surface area (Å²) in [7, 11) is 1.41. The summed E-state index contributed by atoms with van der Waals surface area (Å²) in [5.41, 5.74) is 2.06. The molecule has 3 aromatic carbocycles. The molecule has 0 spiro atoms. The number of carbonyl (C=O) groups excluding carboxylic acids is 2. The number of amides is 2. The average Bonchev–Trinajstić information content (AvgIpc) is 3.42. The normalized spacial score (nSPS) is 14.5. The Morgan fingerprint density at radius 3 is 2.49 bits per heavy atom. The average molecular weight is 600 g/mol. The molecule has 2 heterocycles. The molecule has 1 unspecified atom stereocenters. The van der Waals surface area contributed by atoms with Crippen LogP contribution >= 0.6 is 23.2 Å². The lowest BCUT2D eigenvalue weighted by molar-refractivity contribution is -0.279. The summed E-state index contributed by atoms with van der Waals surface area (Å²) in [5.74, 6) is -1.79. The van der Waals surface area contributed by atoms with Crippen molar-refractivity contribution in [1.82, 2.24) is 25.4 Å². The van der Waals surface area contributed by atoms with Crippen molar-refractivity contribution < 1.29 is 23.7 Å². The lowest BCUT2D eigenvalue weighted by Gasteiger charge is -2.38. The highest BCUT2D eigenvalue weighted by Gasteiger charge is 2.33. The Kier molecular flexibility index (Phi) is 8.76. The molecule has 1 aliphatic rings. The van der Waals surface area contributed by atoms with Crippen LogP contribution in [0.4, 0.5) is 15.8 Å². The molecule has 2 amide bonds. The lowest BCUT2D eigenvalue weighted by Crippen LogP contribution is -2.52. The number of carbonyl (C=O) groups is 2. The SMILES string of the molecule is CNC(=O)c1ccc(NC(=O)C(Cc2ccccc2)N2CON(c3cc(Cl)ccc3-n3cc(Cl)nn3)CO2)cc1F. The van der Waals surface area contributed by atoms with E-state index in [2.05, 4.69) is 20.9 Å². The second kappa shape index (κ2) is 12.6. The first-order chi connectivity index (χ1) is 19.8. The van der Waals surface area contributed by atoms with Gasteiger partial charge in [-0.3, -0.25) is 19.3 Å². The monoisotopic (exact) mass is 599 g/mol. The zero-order valence-corrected chi connectivity index (χ0v) is 23.1. The molecule has 1 fully saturated rings. The van der Waals surface area contributed by atoms with E-state index in [0.717, 1.165) is 11.6 Å². The van der Waals surface area contributed by atoms with Gasteiger partial charge in [0.15, 0.2) is 18.6 Å². The van der Waals surface area contributed by atoms with E-state index in [1.807, 2.05) is 30.3 Å². The summed E-state index contributed by atoms with van der Waals surface area (Å²) in [6.07, 6.45) is 1.81. The van der Waals surface area contributed by atoms with Gasteiger partial charge in [0.05, 0.1) is 23.1 Å². The van der Waals surface area contributed by atoms with Crippen LogP contribution in [-0.2, 0) is 20.9 Å². The van der Waals surface area contributed by atoms with Crippen LogP contribution in [0.15, 0.2) is 72.9 Å². The second-order valence-electron chi connectivity index (χ2n) is 8.90. The number of anilines is 2. The van der Waals surface area contributed by atoms with Crippen molar-refractivity contribution in [3.8, 4) is 5.69 Å². The highest BCUT2D eigenvalue weighted by atomic mass is 35.5. The zero-order valence-electron chi connectivity index (χ0n) is 21.6. The highest BCUT2D eigenvalue weighted by Crippen LogP contribution is 2.30. The standard InChI is InChI=1S/C27H24Cl2FN7O4/c1-31-26(38)20-9-8-19(13-21(20)30)32-27(39)24(11-17-5-3-2-4-6-17)37-16-40-36(15-41-37)23-12-18(28)7-10-22(23)35-14-25(29)33-34-35/h2-10,12-14,24H,11,15-16H2,1H3,(H,31,38)(H,32,39). The number of hydrogen-bond donors (Lipinski definition) is 2. The summed E-state index contributed by atoms with van der Waals surface area (Å²) in [4.78, 5) is 37.3. The van der Waals surface area contributed by atoms with Gasteiger partial charge in [0.1, 0.15) is 11.9 Å². The van der Waals surface area contributed by atoms with Crippen LogP contribution in [0, 0.1) is 5.82 Å². The van der Waals surface area contributed by atoms with Crippen molar-refractivity contribution in [3.05, 3.63) is 100 Å². The first-order valence-electron chi connectivity index (χ1n) is 12.4. The summed E-state index contributed by atoms with van der Waals surface area (Å²) in [6, 6.07) is 17.5. The Morgan fingerprint density at radius 2 is 1.83 bits per heavy atom. The molecule has 1 atom stereocenters. The molecule has 1 aromatic heterocycles. The smallest absolute Gasteiger partial charge is 0.253 e. The van der Waals surface area contributed by atoms with Crippen LogP contribution in [0.2, 0.25) is 10.2 Å². The van der Waals surface area contributed by atoms with E-state index in [9.17, 15) is 14.0 Å². The number of hydroxylamine groups is 3. The summed E-state index contributed by atoms with van der Waals surface area (Å²) < 4.78 is 16.0. The number of hydrogen-bond acceptors (Lipinski definition) is 8. The molecule has 1 saturated heterocycles. The molecule has 11 nitrogen and oxygen atoms in total. The molecular formula is C27H24Cl2FN7O4. The number of aromatic nitrogens is 3. The first-order valence-corrected chi connectivity index (χ1v) is 13.1. The number of rotatable bonds is 8. The maximum absolute atomic E-state index is 14.5. The van der Waals surface area contributed by atoms with E-state index in [0.29, 0.717) is 16.4 Å². The van der Waals surface area contributed by atoms with Gasteiger partial charge < -0.3 is 10.6 Å². The van der Waals surface area contributed by atoms with Gasteiger partial charge in [-0.15, -0.1) is 10.2 Å². The molecule has 0 radical (unpaired) electrons. The summed E-state index contributed by atoms with van der Waals surface area (Å²) >= 11 is 12.2. The van der Waals surface area contributed by atoms with Gasteiger partial charge in [-0.2, -0.15) is 0 Å². The third-order valence-electron chi connectivity index (χ3n) is 6.23. The van der Waals surface area contributed by atoms with Gasteiger partial charge in [0.2, 0.25) is 5.91 Å². The molecule has 212 valence electrons. The zero-order chi connectivity index (χ0) is 28.9. The topological polar surface area (TPSA) is 114 Å². The van der Waals surface area contributed by atoms with E-state index in [-0.39, 0.29) is 36.3 Å². The Balaban J connectivity index is 1.34. The Bertz CT molecular complexity index is 1550. The fourth-order valence-electron chi connectivity index (χ4n) is 4.20. The van der Waals surface area contributed by atoms with Crippen LogP contribution in [0.5, 0.6) is 0 Å². The van der Waals surface area contributed by atoms with Gasteiger partial charge in [-0.25, -0.2) is 14.1 Å². The van der Waals surface area contributed by atoms with Crippen molar-refractivity contribution in [2.24, 2.45) is 0 Å². The van der Waals surface area contributed by atoms with Gasteiger partial charge in [-0.05, 0) is 48.4 Å². The van der Waals surface area contributed by atoms with Crippen molar-refractivity contribution in [2.45, 2.75) is 12.5 Å². The van der Waals surface area contributed by atoms with Crippen LogP contribution in [0.25, 0.3) is 5.69 Å². The molecule has 2 N–H and O–H groups in total. The van der Waals surface area contributed by atoms with E-state index in [1.165, 1.54) is 40.2 Å². The minimum Gasteiger partial charge on any atom is -0.355 e. The molecule has 14 heteroatoms. The van der Waals surface area contributed by atoms with Crippen molar-refractivity contribution >= 4 is 46.4 Å². The first kappa shape index (κ1) is 28.5. The lowest BCUT2D eigenvalue weighted by atomic mass is 10.0.